The smallest absolute Gasteiger partial charge is 0.271 e. The van der Waals surface area contributed by atoms with Crippen LogP contribution in [-0.4, -0.2) is 29.5 Å². The van der Waals surface area contributed by atoms with E-state index in [9.17, 15) is 4.79 Å². The average molecular weight is 387 g/mol. The van der Waals surface area contributed by atoms with E-state index in [1.54, 1.807) is 14.0 Å². The zero-order valence-electron chi connectivity index (χ0n) is 14.7. The SMILES string of the molecule is COc1ccccc1C(N)CNC(=O)c1nc(C)c(C)nc1C.Cl.Cl. The predicted octanol–water partition coefficient (Wildman–Crippen LogP) is 2.68. The lowest BCUT2D eigenvalue weighted by molar-refractivity contribution is 0.0944. The molecular weight excluding hydrogens is 363 g/mol. The van der Waals surface area contributed by atoms with E-state index < -0.39 is 0 Å². The number of nitrogens with zero attached hydrogens (tertiary/aromatic N) is 2. The van der Waals surface area contributed by atoms with Crippen molar-refractivity contribution >= 4 is 30.7 Å². The van der Waals surface area contributed by atoms with Crippen molar-refractivity contribution in [3.63, 3.8) is 0 Å². The third-order valence-electron chi connectivity index (χ3n) is 3.72. The monoisotopic (exact) mass is 386 g/mol. The number of hydrogen-bond donors (Lipinski definition) is 2. The van der Waals surface area contributed by atoms with Crippen LogP contribution in [-0.2, 0) is 0 Å². The Morgan fingerprint density at radius 2 is 1.72 bits per heavy atom. The van der Waals surface area contributed by atoms with Crippen LogP contribution >= 0.6 is 24.8 Å². The number of hydrogen-bond acceptors (Lipinski definition) is 5. The maximum atomic E-state index is 12.3. The molecule has 0 aliphatic rings. The summed E-state index contributed by atoms with van der Waals surface area (Å²) in [5.74, 6) is 0.430. The maximum absolute atomic E-state index is 12.3. The van der Waals surface area contributed by atoms with Gasteiger partial charge in [0.15, 0.2) is 0 Å². The fraction of sp³-hybridized carbons (Fsp3) is 0.353. The van der Waals surface area contributed by atoms with Gasteiger partial charge in [0.1, 0.15) is 11.4 Å². The molecule has 25 heavy (non-hydrogen) atoms. The second kappa shape index (κ2) is 10.2. The lowest BCUT2D eigenvalue weighted by Gasteiger charge is -2.16. The lowest BCUT2D eigenvalue weighted by atomic mass is 10.1. The molecule has 1 aromatic heterocycles. The van der Waals surface area contributed by atoms with Crippen LogP contribution in [0.15, 0.2) is 24.3 Å². The first-order valence-electron chi connectivity index (χ1n) is 7.42. The Morgan fingerprint density at radius 3 is 2.36 bits per heavy atom. The Labute approximate surface area is 160 Å². The van der Waals surface area contributed by atoms with Gasteiger partial charge in [-0.2, -0.15) is 0 Å². The molecule has 0 spiro atoms. The minimum atomic E-state index is -0.366. The average Bonchev–Trinajstić information content (AvgIpc) is 2.55. The fourth-order valence-corrected chi connectivity index (χ4v) is 2.30. The summed E-state index contributed by atoms with van der Waals surface area (Å²) in [5, 5.41) is 2.81. The molecule has 0 radical (unpaired) electrons. The molecule has 2 aromatic rings. The molecule has 0 fully saturated rings. The van der Waals surface area contributed by atoms with Gasteiger partial charge in [0, 0.05) is 12.1 Å². The van der Waals surface area contributed by atoms with Crippen LogP contribution in [0.1, 0.15) is 39.2 Å². The molecule has 138 valence electrons. The highest BCUT2D eigenvalue weighted by Crippen LogP contribution is 2.22. The van der Waals surface area contributed by atoms with Crippen LogP contribution in [0.5, 0.6) is 5.75 Å². The van der Waals surface area contributed by atoms with Crippen molar-refractivity contribution in [1.82, 2.24) is 15.3 Å². The van der Waals surface area contributed by atoms with Crippen LogP contribution in [0.2, 0.25) is 0 Å². The highest BCUT2D eigenvalue weighted by Gasteiger charge is 2.16. The molecule has 1 unspecified atom stereocenters. The van der Waals surface area contributed by atoms with Crippen molar-refractivity contribution in [2.24, 2.45) is 5.73 Å². The van der Waals surface area contributed by atoms with Gasteiger partial charge >= 0.3 is 0 Å². The van der Waals surface area contributed by atoms with Gasteiger partial charge in [-0.25, -0.2) is 4.98 Å². The number of amides is 1. The van der Waals surface area contributed by atoms with Crippen LogP contribution in [0.25, 0.3) is 0 Å². The molecule has 8 heteroatoms. The van der Waals surface area contributed by atoms with Gasteiger partial charge in [0.2, 0.25) is 0 Å². The van der Waals surface area contributed by atoms with E-state index in [1.807, 2.05) is 38.1 Å². The Bertz CT molecular complexity index is 726. The first-order valence-corrected chi connectivity index (χ1v) is 7.42. The number of para-hydroxylation sites is 1. The number of halogens is 2. The summed E-state index contributed by atoms with van der Waals surface area (Å²) in [7, 11) is 1.60. The van der Waals surface area contributed by atoms with E-state index >= 15 is 0 Å². The van der Waals surface area contributed by atoms with Crippen LogP contribution < -0.4 is 15.8 Å². The Kier molecular flexibility index (Phi) is 9.41. The maximum Gasteiger partial charge on any atom is 0.271 e. The van der Waals surface area contributed by atoms with Gasteiger partial charge in [-0.1, -0.05) is 18.2 Å². The number of rotatable bonds is 5. The molecule has 0 aliphatic heterocycles. The standard InChI is InChI=1S/C17H22N4O2.2ClH/c1-10-11(2)21-16(12(3)20-10)17(22)19-9-14(18)13-7-5-6-8-15(13)23-4;;/h5-8,14H,9,18H2,1-4H3,(H,19,22);2*1H. The molecule has 0 aliphatic carbocycles. The first kappa shape index (κ1) is 23.1. The van der Waals surface area contributed by atoms with Crippen LogP contribution in [0.4, 0.5) is 0 Å². The zero-order chi connectivity index (χ0) is 17.0. The summed E-state index contributed by atoms with van der Waals surface area (Å²) in [6.07, 6.45) is 0. The molecule has 0 bridgehead atoms. The highest BCUT2D eigenvalue weighted by atomic mass is 35.5. The Balaban J connectivity index is 0.00000288. The van der Waals surface area contributed by atoms with Crippen LogP contribution in [0.3, 0.4) is 0 Å². The van der Waals surface area contributed by atoms with Crippen LogP contribution in [0, 0.1) is 20.8 Å². The van der Waals surface area contributed by atoms with E-state index in [0.29, 0.717) is 17.1 Å². The minimum Gasteiger partial charge on any atom is -0.496 e. The molecule has 0 saturated carbocycles. The quantitative estimate of drug-likeness (QED) is 0.823. The minimum absolute atomic E-state index is 0. The second-order valence-electron chi connectivity index (χ2n) is 5.39. The fourth-order valence-electron chi connectivity index (χ4n) is 2.30. The molecular formula is C17H24Cl2N4O2. The van der Waals surface area contributed by atoms with Crippen molar-refractivity contribution in [3.05, 3.63) is 52.6 Å². The van der Waals surface area contributed by atoms with Gasteiger partial charge in [-0.05, 0) is 26.8 Å². The van der Waals surface area contributed by atoms with Gasteiger partial charge in [-0.15, -0.1) is 24.8 Å². The topological polar surface area (TPSA) is 90.1 Å². The molecule has 0 saturated heterocycles. The number of aromatic nitrogens is 2. The van der Waals surface area contributed by atoms with E-state index in [1.165, 1.54) is 0 Å². The predicted molar refractivity (Wildman–Crippen MR) is 103 cm³/mol. The number of ether oxygens (including phenoxy) is 1. The number of nitrogens with two attached hydrogens (primary N) is 1. The zero-order valence-corrected chi connectivity index (χ0v) is 16.3. The van der Waals surface area contributed by atoms with E-state index in [0.717, 1.165) is 17.0 Å². The highest BCUT2D eigenvalue weighted by molar-refractivity contribution is 5.93. The molecule has 1 atom stereocenters. The molecule has 1 amide bonds. The first-order chi connectivity index (χ1) is 10.9. The normalized spacial score (nSPS) is 10.9. The molecule has 3 N–H and O–H groups in total. The Hall–Kier alpha value is -1.89. The summed E-state index contributed by atoms with van der Waals surface area (Å²) in [5.41, 5.74) is 9.52. The third-order valence-corrected chi connectivity index (χ3v) is 3.72. The van der Waals surface area contributed by atoms with Crippen molar-refractivity contribution in [2.75, 3.05) is 13.7 Å². The number of methoxy groups -OCH3 is 1. The number of nitrogens with one attached hydrogen (secondary N) is 1. The van der Waals surface area contributed by atoms with E-state index in [4.69, 9.17) is 10.5 Å². The Morgan fingerprint density at radius 1 is 1.12 bits per heavy atom. The van der Waals surface area contributed by atoms with E-state index in [-0.39, 0.29) is 43.3 Å². The van der Waals surface area contributed by atoms with Crippen molar-refractivity contribution in [2.45, 2.75) is 26.8 Å². The molecule has 2 rings (SSSR count). The molecule has 1 aromatic carbocycles. The summed E-state index contributed by atoms with van der Waals surface area (Å²) >= 11 is 0. The van der Waals surface area contributed by atoms with Gasteiger partial charge in [0.25, 0.3) is 5.91 Å². The molecule has 6 nitrogen and oxygen atoms in total. The number of carbonyl (C=O) groups is 1. The number of carbonyl (C=O) groups excluding carboxylic acids is 1. The van der Waals surface area contributed by atoms with Crippen molar-refractivity contribution in [3.8, 4) is 5.75 Å². The van der Waals surface area contributed by atoms with E-state index in [2.05, 4.69) is 15.3 Å². The number of benzene rings is 1. The van der Waals surface area contributed by atoms with Crippen molar-refractivity contribution < 1.29 is 9.53 Å². The third kappa shape index (κ3) is 5.56. The number of aryl methyl sites for hydroxylation is 3. The van der Waals surface area contributed by atoms with Gasteiger partial charge in [-0.3, -0.25) is 9.78 Å². The van der Waals surface area contributed by atoms with Gasteiger partial charge < -0.3 is 15.8 Å². The largest absolute Gasteiger partial charge is 0.496 e. The molecule has 1 heterocycles. The summed E-state index contributed by atoms with van der Waals surface area (Å²) in [4.78, 5) is 21.0. The lowest BCUT2D eigenvalue weighted by Crippen LogP contribution is -2.33. The second-order valence-corrected chi connectivity index (χ2v) is 5.39. The van der Waals surface area contributed by atoms with Crippen molar-refractivity contribution in [1.29, 1.82) is 0 Å². The summed E-state index contributed by atoms with van der Waals surface area (Å²) in [6, 6.07) is 7.13. The summed E-state index contributed by atoms with van der Waals surface area (Å²) < 4.78 is 5.29. The summed E-state index contributed by atoms with van der Waals surface area (Å²) in [6.45, 7) is 5.76. The van der Waals surface area contributed by atoms with Gasteiger partial charge in [0.05, 0.1) is 30.2 Å².